The van der Waals surface area contributed by atoms with Crippen LogP contribution in [-0.2, 0) is 28.9 Å². The topological polar surface area (TPSA) is 88.8 Å². The summed E-state index contributed by atoms with van der Waals surface area (Å²) in [6.07, 6.45) is -2.35. The fourth-order valence-electron chi connectivity index (χ4n) is 4.52. The number of benzene rings is 3. The number of thioether (sulfide) groups is 1. The van der Waals surface area contributed by atoms with Crippen LogP contribution in [0.5, 0.6) is 0 Å². The molecular formula is C32H31F3LiNO5S. The molecule has 4 aromatic rings. The maximum atomic E-state index is 13.4. The van der Waals surface area contributed by atoms with Gasteiger partial charge in [0.1, 0.15) is 24.2 Å². The van der Waals surface area contributed by atoms with Gasteiger partial charge in [0.05, 0.1) is 12.2 Å². The molecule has 0 aliphatic rings. The van der Waals surface area contributed by atoms with Crippen molar-refractivity contribution >= 4 is 42.5 Å². The van der Waals surface area contributed by atoms with Crippen molar-refractivity contribution in [3.8, 4) is 22.5 Å². The summed E-state index contributed by atoms with van der Waals surface area (Å²) in [4.78, 5) is 25.0. The van der Waals surface area contributed by atoms with E-state index in [1.54, 1.807) is 18.2 Å². The van der Waals surface area contributed by atoms with Gasteiger partial charge in [-0.3, -0.25) is 4.79 Å². The summed E-state index contributed by atoms with van der Waals surface area (Å²) in [6, 6.07) is 20.0. The van der Waals surface area contributed by atoms with E-state index < -0.39 is 29.7 Å². The fourth-order valence-corrected chi connectivity index (χ4v) is 4.99. The van der Waals surface area contributed by atoms with E-state index >= 15 is 0 Å². The Bertz CT molecular complexity index is 1560. The molecule has 3 aromatic carbocycles. The Balaban J connectivity index is 0.00000506. The summed E-state index contributed by atoms with van der Waals surface area (Å²) >= 11 is 1.50. The van der Waals surface area contributed by atoms with Gasteiger partial charge in [-0.15, -0.1) is 0 Å². The number of ether oxygens (including phenoxy) is 1. The number of aryl methyl sites for hydroxylation is 1. The zero-order valence-corrected chi connectivity index (χ0v) is 23.9. The van der Waals surface area contributed by atoms with Crippen molar-refractivity contribution in [1.82, 2.24) is 5.32 Å². The number of hydrogen-bond donors (Lipinski definition) is 2. The van der Waals surface area contributed by atoms with Crippen molar-refractivity contribution in [2.45, 2.75) is 38.8 Å². The van der Waals surface area contributed by atoms with Crippen molar-refractivity contribution in [3.63, 3.8) is 0 Å². The molecular weight excluding hydrogens is 574 g/mol. The molecule has 222 valence electrons. The Labute approximate surface area is 264 Å². The molecule has 43 heavy (non-hydrogen) atoms. The summed E-state index contributed by atoms with van der Waals surface area (Å²) in [5.74, 6) is -0.540. The Morgan fingerprint density at radius 2 is 1.65 bits per heavy atom. The molecule has 6 nitrogen and oxygen atoms in total. The number of carboxylic acids is 1. The number of furan rings is 1. The van der Waals surface area contributed by atoms with Crippen LogP contribution >= 0.6 is 11.8 Å². The van der Waals surface area contributed by atoms with Gasteiger partial charge in [-0.1, -0.05) is 48.5 Å². The van der Waals surface area contributed by atoms with Crippen molar-refractivity contribution in [3.05, 3.63) is 107 Å². The average molecular weight is 606 g/mol. The van der Waals surface area contributed by atoms with Crippen LogP contribution in [0.25, 0.3) is 22.5 Å². The molecule has 4 rings (SSSR count). The number of halogens is 3. The monoisotopic (exact) mass is 605 g/mol. The van der Waals surface area contributed by atoms with E-state index in [1.807, 2.05) is 43.5 Å². The van der Waals surface area contributed by atoms with E-state index in [0.29, 0.717) is 29.1 Å². The van der Waals surface area contributed by atoms with Crippen LogP contribution < -0.4 is 5.32 Å². The van der Waals surface area contributed by atoms with Crippen LogP contribution in [0, 0.1) is 6.92 Å². The third kappa shape index (κ3) is 8.80. The SMILES string of the molecule is CSCCC(NC(=O)c1ccc(COCc2ccc(-c3ccccc3C(F)(F)F)o2)cc1-c1ccccc1C)C(=O)O.[LiH]. The fraction of sp³-hybridized carbons (Fsp3) is 0.250. The van der Waals surface area contributed by atoms with Gasteiger partial charge in [-0.2, -0.15) is 24.9 Å². The molecule has 11 heteroatoms. The van der Waals surface area contributed by atoms with E-state index in [0.717, 1.165) is 22.8 Å². The van der Waals surface area contributed by atoms with E-state index in [9.17, 15) is 27.9 Å². The van der Waals surface area contributed by atoms with Gasteiger partial charge in [0.25, 0.3) is 5.91 Å². The second-order valence-electron chi connectivity index (χ2n) is 9.64. The molecule has 1 heterocycles. The molecule has 0 aliphatic carbocycles. The van der Waals surface area contributed by atoms with Crippen LogP contribution in [-0.4, -0.2) is 53.9 Å². The molecule has 0 saturated carbocycles. The first-order chi connectivity index (χ1) is 20.1. The maximum absolute atomic E-state index is 13.4. The van der Waals surface area contributed by atoms with Crippen LogP contribution in [0.2, 0.25) is 0 Å². The first-order valence-corrected chi connectivity index (χ1v) is 14.5. The van der Waals surface area contributed by atoms with Gasteiger partial charge in [-0.05, 0) is 77.9 Å². The molecule has 0 aliphatic heterocycles. The zero-order chi connectivity index (χ0) is 30.3. The van der Waals surface area contributed by atoms with Gasteiger partial charge in [0, 0.05) is 11.1 Å². The third-order valence-electron chi connectivity index (χ3n) is 6.65. The Hall–Kier alpha value is -3.42. The molecule has 0 bridgehead atoms. The summed E-state index contributed by atoms with van der Waals surface area (Å²) in [6.45, 7) is 2.08. The van der Waals surface area contributed by atoms with Gasteiger partial charge < -0.3 is 19.6 Å². The normalized spacial score (nSPS) is 11.9. The molecule has 0 fully saturated rings. The summed E-state index contributed by atoms with van der Waals surface area (Å²) in [5.41, 5.74) is 2.64. The standard InChI is InChI=1S/C32H30F3NO5S.Li.H/c1-20-7-3-4-8-23(20)26-17-21(11-13-24(26)30(37)36-28(31(38)39)15-16-42-2)18-40-19-22-12-14-29(41-22)25-9-5-6-10-27(25)32(33,34)35;;/h3-14,17,28H,15-16,18-19H2,1-2H3,(H,36,37)(H,38,39);;. The average Bonchev–Trinajstić information content (AvgIpc) is 3.43. The number of alkyl halides is 3. The molecule has 0 radical (unpaired) electrons. The summed E-state index contributed by atoms with van der Waals surface area (Å²) in [5, 5.41) is 12.2. The molecule has 1 atom stereocenters. The van der Waals surface area contributed by atoms with Crippen molar-refractivity contribution in [2.75, 3.05) is 12.0 Å². The van der Waals surface area contributed by atoms with E-state index in [-0.39, 0.29) is 43.4 Å². The van der Waals surface area contributed by atoms with Gasteiger partial charge in [0.2, 0.25) is 0 Å². The number of carboxylic acid groups (broad SMARTS) is 1. The van der Waals surface area contributed by atoms with Gasteiger partial charge in [-0.25, -0.2) is 4.79 Å². The van der Waals surface area contributed by atoms with Crippen LogP contribution in [0.4, 0.5) is 13.2 Å². The van der Waals surface area contributed by atoms with Crippen molar-refractivity contribution in [2.24, 2.45) is 0 Å². The zero-order valence-electron chi connectivity index (χ0n) is 23.0. The third-order valence-corrected chi connectivity index (χ3v) is 7.29. The number of aliphatic carboxylic acids is 1. The molecule has 0 spiro atoms. The van der Waals surface area contributed by atoms with Crippen LogP contribution in [0.3, 0.4) is 0 Å². The van der Waals surface area contributed by atoms with Crippen LogP contribution in [0.1, 0.15) is 39.2 Å². The first kappa shape index (κ1) is 34.1. The number of carbonyl (C=O) groups is 2. The van der Waals surface area contributed by atoms with Gasteiger partial charge in [0.15, 0.2) is 0 Å². The van der Waals surface area contributed by atoms with E-state index in [2.05, 4.69) is 5.32 Å². The van der Waals surface area contributed by atoms with Crippen molar-refractivity contribution < 1.29 is 37.0 Å². The minimum atomic E-state index is -4.51. The van der Waals surface area contributed by atoms with Crippen molar-refractivity contribution in [1.29, 1.82) is 0 Å². The second kappa shape index (κ2) is 15.3. The van der Waals surface area contributed by atoms with E-state index in [1.165, 1.54) is 36.0 Å². The quantitative estimate of drug-likeness (QED) is 0.170. The molecule has 1 amide bonds. The minimum absolute atomic E-state index is 0. The Kier molecular flexibility index (Phi) is 12.2. The predicted octanol–water partition coefficient (Wildman–Crippen LogP) is 6.95. The Morgan fingerprint density at radius 3 is 2.33 bits per heavy atom. The predicted molar refractivity (Wildman–Crippen MR) is 163 cm³/mol. The number of rotatable bonds is 12. The number of amides is 1. The summed E-state index contributed by atoms with van der Waals surface area (Å²) in [7, 11) is 0. The number of nitrogens with one attached hydrogen (secondary N) is 1. The molecule has 1 unspecified atom stereocenters. The molecule has 1 aromatic heterocycles. The Morgan fingerprint density at radius 1 is 0.953 bits per heavy atom. The molecule has 0 saturated heterocycles. The summed E-state index contributed by atoms with van der Waals surface area (Å²) < 4.78 is 51.7. The van der Waals surface area contributed by atoms with E-state index in [4.69, 9.17) is 9.15 Å². The van der Waals surface area contributed by atoms with Crippen LogP contribution in [0.15, 0.2) is 83.3 Å². The first-order valence-electron chi connectivity index (χ1n) is 13.1. The number of carbonyl (C=O) groups excluding carboxylic acids is 1. The number of hydrogen-bond acceptors (Lipinski definition) is 5. The van der Waals surface area contributed by atoms with Gasteiger partial charge >= 0.3 is 31.0 Å². The molecule has 2 N–H and O–H groups in total. The second-order valence-corrected chi connectivity index (χ2v) is 10.6.